The van der Waals surface area contributed by atoms with Gasteiger partial charge in [-0.05, 0) is 26.3 Å². The summed E-state index contributed by atoms with van der Waals surface area (Å²) in [6.45, 7) is 5.74. The van der Waals surface area contributed by atoms with Crippen LogP contribution in [0.3, 0.4) is 0 Å². The van der Waals surface area contributed by atoms with Gasteiger partial charge in [0.2, 0.25) is 0 Å². The van der Waals surface area contributed by atoms with E-state index in [-0.39, 0.29) is 0 Å². The van der Waals surface area contributed by atoms with Crippen LogP contribution in [0.15, 0.2) is 0 Å². The largest absolute Gasteiger partial charge is 0.378 e. The van der Waals surface area contributed by atoms with Gasteiger partial charge in [-0.15, -0.1) is 0 Å². The molecular weight excluding hydrogens is 114 g/mol. The summed E-state index contributed by atoms with van der Waals surface area (Å²) < 4.78 is 5.35. The van der Waals surface area contributed by atoms with Crippen LogP contribution >= 0.6 is 0 Å². The molecule has 9 heavy (non-hydrogen) atoms. The number of ether oxygens (including phenoxy) is 1. The van der Waals surface area contributed by atoms with Crippen molar-refractivity contribution in [3.63, 3.8) is 0 Å². The fourth-order valence-electron chi connectivity index (χ4n) is 0.486. The van der Waals surface area contributed by atoms with E-state index in [4.69, 9.17) is 10.5 Å². The first-order valence-electron chi connectivity index (χ1n) is 3.63. The lowest BCUT2D eigenvalue weighted by atomic mass is 10.3. The van der Waals surface area contributed by atoms with Crippen LogP contribution in [0.2, 0.25) is 0 Å². The molecule has 0 heterocycles. The Labute approximate surface area is 57.4 Å². The van der Waals surface area contributed by atoms with Crippen LogP contribution in [0, 0.1) is 0 Å². The molecule has 0 saturated carbocycles. The maximum absolute atomic E-state index is 5.35. The van der Waals surface area contributed by atoms with Gasteiger partial charge in [-0.25, -0.2) is 0 Å². The van der Waals surface area contributed by atoms with Crippen molar-refractivity contribution in [2.24, 2.45) is 5.73 Å². The van der Waals surface area contributed by atoms with E-state index in [1.165, 1.54) is 0 Å². The zero-order valence-corrected chi connectivity index (χ0v) is 6.39. The van der Waals surface area contributed by atoms with Crippen molar-refractivity contribution in [3.8, 4) is 0 Å². The van der Waals surface area contributed by atoms with E-state index >= 15 is 0 Å². The van der Waals surface area contributed by atoms with Crippen LogP contribution in [0.25, 0.3) is 0 Å². The molecule has 0 aliphatic rings. The minimum absolute atomic E-state index is 0.400. The molecule has 0 bridgehead atoms. The smallest absolute Gasteiger partial charge is 0.0544 e. The molecular formula is C7H17NO. The van der Waals surface area contributed by atoms with Gasteiger partial charge in [-0.3, -0.25) is 0 Å². The summed E-state index contributed by atoms with van der Waals surface area (Å²) in [6, 6.07) is 0. The maximum Gasteiger partial charge on any atom is 0.0544 e. The van der Waals surface area contributed by atoms with Crippen LogP contribution in [0.1, 0.15) is 26.7 Å². The number of hydrogen-bond acceptors (Lipinski definition) is 2. The molecule has 0 radical (unpaired) electrons. The van der Waals surface area contributed by atoms with Gasteiger partial charge in [0.25, 0.3) is 0 Å². The van der Waals surface area contributed by atoms with E-state index in [9.17, 15) is 0 Å². The molecule has 0 saturated heterocycles. The fraction of sp³-hybridized carbons (Fsp3) is 1.00. The summed E-state index contributed by atoms with van der Waals surface area (Å²) in [4.78, 5) is 0. The Balaban J connectivity index is 2.88. The highest BCUT2D eigenvalue weighted by Gasteiger charge is 1.95. The maximum atomic E-state index is 5.35. The number of hydrogen-bond donors (Lipinski definition) is 1. The van der Waals surface area contributed by atoms with Crippen molar-refractivity contribution < 1.29 is 4.74 Å². The second-order valence-corrected chi connectivity index (χ2v) is 2.23. The number of nitrogens with two attached hydrogens (primary N) is 1. The summed E-state index contributed by atoms with van der Waals surface area (Å²) in [6.07, 6.45) is 2.46. The minimum Gasteiger partial charge on any atom is -0.378 e. The van der Waals surface area contributed by atoms with Gasteiger partial charge in [-0.1, -0.05) is 6.92 Å². The van der Waals surface area contributed by atoms with Gasteiger partial charge in [0, 0.05) is 6.61 Å². The van der Waals surface area contributed by atoms with Gasteiger partial charge in [-0.2, -0.15) is 0 Å². The molecule has 2 heteroatoms. The Morgan fingerprint density at radius 2 is 2.22 bits per heavy atom. The van der Waals surface area contributed by atoms with Gasteiger partial charge < -0.3 is 10.5 Å². The van der Waals surface area contributed by atoms with Crippen molar-refractivity contribution in [2.45, 2.75) is 32.8 Å². The van der Waals surface area contributed by atoms with Crippen LogP contribution in [-0.2, 0) is 4.74 Å². The second kappa shape index (κ2) is 6.05. The van der Waals surface area contributed by atoms with Gasteiger partial charge in [0.05, 0.1) is 6.10 Å². The first-order chi connectivity index (χ1) is 4.31. The molecule has 0 unspecified atom stereocenters. The Kier molecular flexibility index (Phi) is 5.99. The van der Waals surface area contributed by atoms with Crippen molar-refractivity contribution in [2.75, 3.05) is 13.2 Å². The summed E-state index contributed by atoms with van der Waals surface area (Å²) in [5, 5.41) is 0. The fourth-order valence-corrected chi connectivity index (χ4v) is 0.486. The van der Waals surface area contributed by atoms with Gasteiger partial charge >= 0.3 is 0 Å². The molecule has 0 fully saturated rings. The van der Waals surface area contributed by atoms with E-state index in [0.29, 0.717) is 6.10 Å². The molecule has 0 aromatic rings. The zero-order valence-electron chi connectivity index (χ0n) is 6.39. The third-order valence-electron chi connectivity index (χ3n) is 1.33. The minimum atomic E-state index is 0.400. The molecule has 0 aromatic carbocycles. The second-order valence-electron chi connectivity index (χ2n) is 2.23. The molecule has 2 nitrogen and oxygen atoms in total. The molecule has 0 spiro atoms. The molecule has 2 N–H and O–H groups in total. The molecule has 56 valence electrons. The number of rotatable bonds is 5. The molecule has 0 amide bonds. The first-order valence-corrected chi connectivity index (χ1v) is 3.63. The van der Waals surface area contributed by atoms with Crippen molar-refractivity contribution in [1.29, 1.82) is 0 Å². The third-order valence-corrected chi connectivity index (χ3v) is 1.33. The monoisotopic (exact) mass is 131 g/mol. The quantitative estimate of drug-likeness (QED) is 0.568. The standard InChI is InChI=1S/C7H17NO/c1-3-7(2)9-6-4-5-8/h7H,3-6,8H2,1-2H3/t7-/m0/s1. The molecule has 0 aromatic heterocycles. The van der Waals surface area contributed by atoms with Gasteiger partial charge in [0.15, 0.2) is 0 Å². The van der Waals surface area contributed by atoms with E-state index in [0.717, 1.165) is 26.0 Å². The SMILES string of the molecule is CC[C@H](C)OCCCN. The molecule has 0 aliphatic carbocycles. The highest BCUT2D eigenvalue weighted by atomic mass is 16.5. The zero-order chi connectivity index (χ0) is 7.11. The van der Waals surface area contributed by atoms with Crippen molar-refractivity contribution >= 4 is 0 Å². The Morgan fingerprint density at radius 1 is 1.56 bits per heavy atom. The summed E-state index contributed by atoms with van der Waals surface area (Å²) >= 11 is 0. The van der Waals surface area contributed by atoms with E-state index in [1.54, 1.807) is 0 Å². The van der Waals surface area contributed by atoms with Crippen LogP contribution < -0.4 is 5.73 Å². The molecule has 0 rings (SSSR count). The predicted molar refractivity (Wildman–Crippen MR) is 39.4 cm³/mol. The van der Waals surface area contributed by atoms with Crippen molar-refractivity contribution in [1.82, 2.24) is 0 Å². The van der Waals surface area contributed by atoms with Crippen LogP contribution in [0.4, 0.5) is 0 Å². The average Bonchev–Trinajstić information content (AvgIpc) is 1.89. The molecule has 0 aliphatic heterocycles. The normalized spacial score (nSPS) is 13.7. The summed E-state index contributed by atoms with van der Waals surface area (Å²) in [5.74, 6) is 0. The van der Waals surface area contributed by atoms with Gasteiger partial charge in [0.1, 0.15) is 0 Å². The van der Waals surface area contributed by atoms with Crippen LogP contribution in [0.5, 0.6) is 0 Å². The first kappa shape index (κ1) is 8.92. The van der Waals surface area contributed by atoms with E-state index in [2.05, 4.69) is 13.8 Å². The van der Waals surface area contributed by atoms with Crippen LogP contribution in [-0.4, -0.2) is 19.3 Å². The lowest BCUT2D eigenvalue weighted by molar-refractivity contribution is 0.0631. The summed E-state index contributed by atoms with van der Waals surface area (Å²) in [5.41, 5.74) is 5.28. The van der Waals surface area contributed by atoms with E-state index in [1.807, 2.05) is 0 Å². The highest BCUT2D eigenvalue weighted by Crippen LogP contribution is 1.95. The lowest BCUT2D eigenvalue weighted by Gasteiger charge is -2.08. The predicted octanol–water partition coefficient (Wildman–Crippen LogP) is 1.15. The van der Waals surface area contributed by atoms with Crippen molar-refractivity contribution in [3.05, 3.63) is 0 Å². The molecule has 1 atom stereocenters. The Morgan fingerprint density at radius 3 is 2.67 bits per heavy atom. The third kappa shape index (κ3) is 5.80. The topological polar surface area (TPSA) is 35.2 Å². The Hall–Kier alpha value is -0.0800. The van der Waals surface area contributed by atoms with E-state index < -0.39 is 0 Å². The Bertz CT molecular complexity index is 56.9. The summed E-state index contributed by atoms with van der Waals surface area (Å²) in [7, 11) is 0. The highest BCUT2D eigenvalue weighted by molar-refractivity contribution is 4.44. The lowest BCUT2D eigenvalue weighted by Crippen LogP contribution is -2.10. The average molecular weight is 131 g/mol.